The molecule has 0 saturated carbocycles. The monoisotopic (exact) mass is 307 g/mol. The van der Waals surface area contributed by atoms with Gasteiger partial charge in [-0.1, -0.05) is 0 Å². The van der Waals surface area contributed by atoms with Gasteiger partial charge in [0.05, 0.1) is 17.7 Å². The van der Waals surface area contributed by atoms with Gasteiger partial charge in [-0.2, -0.15) is 0 Å². The number of alkyl halides is 1. The van der Waals surface area contributed by atoms with E-state index in [0.29, 0.717) is 18.9 Å². The second kappa shape index (κ2) is 5.46. The van der Waals surface area contributed by atoms with Gasteiger partial charge in [-0.25, -0.2) is 14.4 Å². The van der Waals surface area contributed by atoms with E-state index >= 15 is 0 Å². The molecule has 3 rings (SSSR count). The minimum atomic E-state index is -0.792. The number of aromatic nitrogens is 2. The van der Waals surface area contributed by atoms with Gasteiger partial charge < -0.3 is 14.2 Å². The average molecular weight is 307 g/mol. The second-order valence-electron chi connectivity index (χ2n) is 7.09. The Morgan fingerprint density at radius 2 is 1.77 bits per heavy atom. The molecule has 5 nitrogen and oxygen atoms in total. The smallest absolute Gasteiger partial charge is 0.399 e. The van der Waals surface area contributed by atoms with Crippen molar-refractivity contribution in [3.63, 3.8) is 0 Å². The Hall–Kier alpha value is -1.21. The Morgan fingerprint density at radius 1 is 1.18 bits per heavy atom. The highest BCUT2D eigenvalue weighted by Crippen LogP contribution is 2.36. The van der Waals surface area contributed by atoms with Crippen LogP contribution >= 0.6 is 0 Å². The van der Waals surface area contributed by atoms with Crippen LogP contribution in [-0.2, 0) is 9.31 Å². The maximum absolute atomic E-state index is 13.5. The lowest BCUT2D eigenvalue weighted by Gasteiger charge is -2.32. The van der Waals surface area contributed by atoms with Crippen LogP contribution in [0.15, 0.2) is 12.4 Å². The van der Waals surface area contributed by atoms with E-state index in [2.05, 4.69) is 9.97 Å². The van der Waals surface area contributed by atoms with Crippen LogP contribution in [0.1, 0.15) is 40.5 Å². The molecular formula is C15H23BFN3O2. The first kappa shape index (κ1) is 15.7. The highest BCUT2D eigenvalue weighted by molar-refractivity contribution is 6.61. The number of anilines is 1. The molecule has 3 heterocycles. The molecule has 0 aromatic carbocycles. The molecule has 0 amide bonds. The largest absolute Gasteiger partial charge is 0.498 e. The SMILES string of the molecule is CC1(C)OB(c2cnc(N3CCC[C@@H](F)C3)nc2)OC1(C)C. The summed E-state index contributed by atoms with van der Waals surface area (Å²) in [5.41, 5.74) is 0.0196. The van der Waals surface area contributed by atoms with E-state index in [9.17, 15) is 4.39 Å². The van der Waals surface area contributed by atoms with Crippen LogP contribution in [0.25, 0.3) is 0 Å². The van der Waals surface area contributed by atoms with Crippen LogP contribution in [0.3, 0.4) is 0 Å². The van der Waals surface area contributed by atoms with Crippen LogP contribution in [0.5, 0.6) is 0 Å². The number of hydrogen-bond donors (Lipinski definition) is 0. The molecule has 0 spiro atoms. The number of nitrogens with zero attached hydrogens (tertiary/aromatic N) is 3. The highest BCUT2D eigenvalue weighted by atomic mass is 19.1. The Bertz CT molecular complexity index is 522. The summed E-state index contributed by atoms with van der Waals surface area (Å²) in [6.45, 7) is 9.22. The molecule has 0 bridgehead atoms. The molecule has 0 aliphatic carbocycles. The van der Waals surface area contributed by atoms with E-state index in [-0.39, 0.29) is 11.2 Å². The van der Waals surface area contributed by atoms with Crippen molar-refractivity contribution in [2.45, 2.75) is 57.9 Å². The molecule has 2 fully saturated rings. The van der Waals surface area contributed by atoms with E-state index in [4.69, 9.17) is 9.31 Å². The first-order valence-corrected chi connectivity index (χ1v) is 7.85. The number of hydrogen-bond acceptors (Lipinski definition) is 5. The van der Waals surface area contributed by atoms with E-state index in [1.165, 1.54) is 0 Å². The molecule has 0 N–H and O–H groups in total. The first-order chi connectivity index (χ1) is 10.3. The zero-order valence-corrected chi connectivity index (χ0v) is 13.7. The zero-order chi connectivity index (χ0) is 16.0. The summed E-state index contributed by atoms with van der Waals surface area (Å²) < 4.78 is 25.4. The van der Waals surface area contributed by atoms with Crippen molar-refractivity contribution in [2.24, 2.45) is 0 Å². The third kappa shape index (κ3) is 2.84. The van der Waals surface area contributed by atoms with E-state index in [0.717, 1.165) is 18.4 Å². The fraction of sp³-hybridized carbons (Fsp3) is 0.733. The fourth-order valence-corrected chi connectivity index (χ4v) is 2.70. The van der Waals surface area contributed by atoms with Gasteiger partial charge in [0.2, 0.25) is 5.95 Å². The van der Waals surface area contributed by atoms with E-state index in [1.807, 2.05) is 32.6 Å². The molecule has 0 unspecified atom stereocenters. The van der Waals surface area contributed by atoms with Crippen molar-refractivity contribution in [3.05, 3.63) is 12.4 Å². The van der Waals surface area contributed by atoms with Gasteiger partial charge in [0.15, 0.2) is 0 Å². The summed E-state index contributed by atoms with van der Waals surface area (Å²) in [6.07, 6.45) is 4.10. The van der Waals surface area contributed by atoms with Crippen molar-refractivity contribution in [2.75, 3.05) is 18.0 Å². The molecule has 0 radical (unpaired) electrons. The van der Waals surface area contributed by atoms with Gasteiger partial charge in [0.1, 0.15) is 6.17 Å². The normalized spacial score (nSPS) is 27.2. The van der Waals surface area contributed by atoms with Gasteiger partial charge in [-0.15, -0.1) is 0 Å². The second-order valence-corrected chi connectivity index (χ2v) is 7.09. The molecule has 1 atom stereocenters. The van der Waals surface area contributed by atoms with Crippen LogP contribution in [0, 0.1) is 0 Å². The minimum absolute atomic E-state index is 0.371. The highest BCUT2D eigenvalue weighted by Gasteiger charge is 2.52. The molecule has 120 valence electrons. The number of halogens is 1. The van der Waals surface area contributed by atoms with Crippen LogP contribution in [0.2, 0.25) is 0 Å². The molecule has 1 aromatic rings. The summed E-state index contributed by atoms with van der Waals surface area (Å²) in [5.74, 6) is 0.572. The van der Waals surface area contributed by atoms with Crippen molar-refractivity contribution in [3.8, 4) is 0 Å². The van der Waals surface area contributed by atoms with Crippen LogP contribution in [0.4, 0.5) is 10.3 Å². The number of piperidine rings is 1. The third-order valence-electron chi connectivity index (χ3n) is 4.83. The Kier molecular flexibility index (Phi) is 3.89. The summed E-state index contributed by atoms with van der Waals surface area (Å²) in [5, 5.41) is 0. The van der Waals surface area contributed by atoms with Gasteiger partial charge >= 0.3 is 7.12 Å². The van der Waals surface area contributed by atoms with Gasteiger partial charge in [0, 0.05) is 24.4 Å². The maximum atomic E-state index is 13.5. The molecule has 2 saturated heterocycles. The Morgan fingerprint density at radius 3 is 2.32 bits per heavy atom. The Labute approximate surface area is 131 Å². The third-order valence-corrected chi connectivity index (χ3v) is 4.83. The van der Waals surface area contributed by atoms with E-state index in [1.54, 1.807) is 12.4 Å². The molecule has 2 aliphatic rings. The summed E-state index contributed by atoms with van der Waals surface area (Å²) >= 11 is 0. The van der Waals surface area contributed by atoms with Gasteiger partial charge in [-0.05, 0) is 40.5 Å². The summed E-state index contributed by atoms with van der Waals surface area (Å²) in [7, 11) is -0.464. The van der Waals surface area contributed by atoms with Crippen molar-refractivity contribution >= 4 is 18.5 Å². The summed E-state index contributed by atoms with van der Waals surface area (Å²) in [6, 6.07) is 0. The molecule has 22 heavy (non-hydrogen) atoms. The number of rotatable bonds is 2. The van der Waals surface area contributed by atoms with E-state index < -0.39 is 13.3 Å². The lowest BCUT2D eigenvalue weighted by molar-refractivity contribution is 0.00578. The van der Waals surface area contributed by atoms with Crippen LogP contribution in [-0.4, -0.2) is 47.5 Å². The van der Waals surface area contributed by atoms with Gasteiger partial charge in [-0.3, -0.25) is 0 Å². The van der Waals surface area contributed by atoms with Crippen molar-refractivity contribution in [1.82, 2.24) is 9.97 Å². The molecule has 2 aliphatic heterocycles. The quantitative estimate of drug-likeness (QED) is 0.779. The van der Waals surface area contributed by atoms with Crippen molar-refractivity contribution < 1.29 is 13.7 Å². The maximum Gasteiger partial charge on any atom is 0.498 e. The minimum Gasteiger partial charge on any atom is -0.399 e. The molecule has 7 heteroatoms. The van der Waals surface area contributed by atoms with Crippen molar-refractivity contribution in [1.29, 1.82) is 0 Å². The summed E-state index contributed by atoms with van der Waals surface area (Å²) in [4.78, 5) is 10.6. The fourth-order valence-electron chi connectivity index (χ4n) is 2.70. The lowest BCUT2D eigenvalue weighted by atomic mass is 9.81. The first-order valence-electron chi connectivity index (χ1n) is 7.85. The van der Waals surface area contributed by atoms with Crippen LogP contribution < -0.4 is 10.4 Å². The average Bonchev–Trinajstić information content (AvgIpc) is 2.68. The molecular weight excluding hydrogens is 284 g/mol. The zero-order valence-electron chi connectivity index (χ0n) is 13.7. The predicted octanol–water partition coefficient (Wildman–Crippen LogP) is 1.71. The topological polar surface area (TPSA) is 47.5 Å². The van der Waals surface area contributed by atoms with Gasteiger partial charge in [0.25, 0.3) is 0 Å². The standard InChI is InChI=1S/C15H23BFN3O2/c1-14(2)15(3,4)22-16(21-14)11-8-18-13(19-9-11)20-7-5-6-12(17)10-20/h8-9,12H,5-7,10H2,1-4H3/t12-/m1/s1. The lowest BCUT2D eigenvalue weighted by Crippen LogP contribution is -2.41. The Balaban J connectivity index is 1.72. The predicted molar refractivity (Wildman–Crippen MR) is 84.1 cm³/mol. The molecule has 1 aromatic heterocycles.